The molecule has 110 valence electrons. The lowest BCUT2D eigenvalue weighted by atomic mass is 10.2. The Morgan fingerprint density at radius 3 is 2.71 bits per heavy atom. The van der Waals surface area contributed by atoms with Crippen molar-refractivity contribution in [2.24, 2.45) is 5.73 Å². The van der Waals surface area contributed by atoms with E-state index in [2.05, 4.69) is 4.98 Å². The fraction of sp³-hybridized carbons (Fsp3) is 0.214. The summed E-state index contributed by atoms with van der Waals surface area (Å²) in [6.07, 6.45) is 1.10. The molecule has 0 aliphatic heterocycles. The molecule has 0 fully saturated rings. The van der Waals surface area contributed by atoms with Crippen molar-refractivity contribution in [1.29, 1.82) is 0 Å². The van der Waals surface area contributed by atoms with E-state index in [1.54, 1.807) is 0 Å². The number of aromatic nitrogens is 1. The van der Waals surface area contributed by atoms with E-state index in [9.17, 15) is 9.59 Å². The number of rotatable bonds is 5. The minimum atomic E-state index is -1.18. The van der Waals surface area contributed by atoms with E-state index in [4.69, 9.17) is 19.6 Å². The van der Waals surface area contributed by atoms with Crippen molar-refractivity contribution in [3.8, 4) is 5.88 Å². The van der Waals surface area contributed by atoms with Crippen LogP contribution in [0.2, 0.25) is 0 Å². The lowest BCUT2D eigenvalue weighted by Crippen LogP contribution is -2.24. The van der Waals surface area contributed by atoms with Crippen molar-refractivity contribution in [2.45, 2.75) is 19.6 Å². The highest BCUT2D eigenvalue weighted by molar-refractivity contribution is 5.76. The summed E-state index contributed by atoms with van der Waals surface area (Å²) in [7, 11) is 0. The van der Waals surface area contributed by atoms with Gasteiger partial charge in [0.1, 0.15) is 6.61 Å². The van der Waals surface area contributed by atoms with Gasteiger partial charge in [-0.3, -0.25) is 4.79 Å². The second kappa shape index (κ2) is 6.67. The van der Waals surface area contributed by atoms with E-state index in [0.29, 0.717) is 0 Å². The van der Waals surface area contributed by atoms with Crippen LogP contribution in [-0.4, -0.2) is 16.9 Å². The SMILES string of the molecule is CC(=O)Oc1coc(C(N)C(=O)OCc2ccccc2)n1. The molecule has 0 spiro atoms. The monoisotopic (exact) mass is 290 g/mol. The molecule has 0 saturated carbocycles. The lowest BCUT2D eigenvalue weighted by molar-refractivity contribution is -0.147. The largest absolute Gasteiger partial charge is 0.459 e. The quantitative estimate of drug-likeness (QED) is 0.828. The second-order valence-electron chi connectivity index (χ2n) is 4.19. The molecule has 0 aliphatic carbocycles. The number of ether oxygens (including phenoxy) is 2. The first-order chi connectivity index (χ1) is 10.1. The Labute approximate surface area is 120 Å². The van der Waals surface area contributed by atoms with E-state index in [1.165, 1.54) is 6.92 Å². The Kier molecular flexibility index (Phi) is 4.68. The molecule has 1 unspecified atom stereocenters. The van der Waals surface area contributed by atoms with Crippen LogP contribution < -0.4 is 10.5 Å². The highest BCUT2D eigenvalue weighted by Gasteiger charge is 2.23. The lowest BCUT2D eigenvalue weighted by Gasteiger charge is -2.08. The number of benzene rings is 1. The van der Waals surface area contributed by atoms with Gasteiger partial charge < -0.3 is 19.6 Å². The molecule has 1 aromatic carbocycles. The van der Waals surface area contributed by atoms with Crippen molar-refractivity contribution >= 4 is 11.9 Å². The van der Waals surface area contributed by atoms with E-state index >= 15 is 0 Å². The molecule has 1 atom stereocenters. The average molecular weight is 290 g/mol. The number of nitrogens with zero attached hydrogens (tertiary/aromatic N) is 1. The molecule has 0 bridgehead atoms. The third-order valence-corrected chi connectivity index (χ3v) is 2.49. The summed E-state index contributed by atoms with van der Waals surface area (Å²) in [6.45, 7) is 1.33. The molecular formula is C14H14N2O5. The van der Waals surface area contributed by atoms with Gasteiger partial charge in [-0.25, -0.2) is 4.79 Å². The third-order valence-electron chi connectivity index (χ3n) is 2.49. The first kappa shape index (κ1) is 14.7. The fourth-order valence-electron chi connectivity index (χ4n) is 1.53. The molecule has 1 heterocycles. The van der Waals surface area contributed by atoms with Gasteiger partial charge in [0.05, 0.1) is 0 Å². The van der Waals surface area contributed by atoms with Gasteiger partial charge in [-0.1, -0.05) is 30.3 Å². The summed E-state index contributed by atoms with van der Waals surface area (Å²) in [4.78, 5) is 26.3. The Hall–Kier alpha value is -2.67. The number of oxazole rings is 1. The van der Waals surface area contributed by atoms with Gasteiger partial charge in [0.15, 0.2) is 12.3 Å². The Morgan fingerprint density at radius 1 is 1.33 bits per heavy atom. The molecule has 0 amide bonds. The number of hydrogen-bond donors (Lipinski definition) is 1. The van der Waals surface area contributed by atoms with Crippen molar-refractivity contribution in [3.63, 3.8) is 0 Å². The molecule has 21 heavy (non-hydrogen) atoms. The minimum Gasteiger partial charge on any atom is -0.459 e. The molecule has 1 aromatic heterocycles. The summed E-state index contributed by atoms with van der Waals surface area (Å²) in [5, 5.41) is 0. The van der Waals surface area contributed by atoms with Crippen LogP contribution in [-0.2, 0) is 20.9 Å². The summed E-state index contributed by atoms with van der Waals surface area (Å²) in [6, 6.07) is 8.00. The van der Waals surface area contributed by atoms with Gasteiger partial charge in [-0.15, -0.1) is 0 Å². The van der Waals surface area contributed by atoms with Gasteiger partial charge in [-0.05, 0) is 5.56 Å². The zero-order chi connectivity index (χ0) is 15.2. The Balaban J connectivity index is 1.92. The maximum absolute atomic E-state index is 11.8. The fourth-order valence-corrected chi connectivity index (χ4v) is 1.53. The van der Waals surface area contributed by atoms with Crippen LogP contribution in [0.15, 0.2) is 41.0 Å². The van der Waals surface area contributed by atoms with E-state index < -0.39 is 18.0 Å². The van der Waals surface area contributed by atoms with Crippen LogP contribution in [0.3, 0.4) is 0 Å². The number of carbonyl (C=O) groups is 2. The molecule has 2 aromatic rings. The zero-order valence-corrected chi connectivity index (χ0v) is 11.3. The Bertz CT molecular complexity index is 623. The summed E-state index contributed by atoms with van der Waals surface area (Å²) in [5.74, 6) is -1.36. The molecule has 0 saturated heterocycles. The first-order valence-electron chi connectivity index (χ1n) is 6.16. The second-order valence-corrected chi connectivity index (χ2v) is 4.19. The summed E-state index contributed by atoms with van der Waals surface area (Å²) in [5.41, 5.74) is 6.51. The van der Waals surface area contributed by atoms with Gasteiger partial charge in [-0.2, -0.15) is 4.98 Å². The van der Waals surface area contributed by atoms with E-state index in [0.717, 1.165) is 11.8 Å². The highest BCUT2D eigenvalue weighted by atomic mass is 16.6. The predicted octanol–water partition coefficient (Wildman–Crippen LogP) is 1.34. The smallest absolute Gasteiger partial charge is 0.332 e. The average Bonchev–Trinajstić information content (AvgIpc) is 2.92. The summed E-state index contributed by atoms with van der Waals surface area (Å²) >= 11 is 0. The van der Waals surface area contributed by atoms with Crippen LogP contribution in [0.4, 0.5) is 0 Å². The van der Waals surface area contributed by atoms with E-state index in [-0.39, 0.29) is 18.4 Å². The van der Waals surface area contributed by atoms with Crippen LogP contribution >= 0.6 is 0 Å². The maximum Gasteiger partial charge on any atom is 0.332 e. The van der Waals surface area contributed by atoms with Crippen LogP contribution in [0.5, 0.6) is 5.88 Å². The number of hydrogen-bond acceptors (Lipinski definition) is 7. The van der Waals surface area contributed by atoms with E-state index in [1.807, 2.05) is 30.3 Å². The van der Waals surface area contributed by atoms with Crippen molar-refractivity contribution in [1.82, 2.24) is 4.98 Å². The van der Waals surface area contributed by atoms with Gasteiger partial charge in [0.2, 0.25) is 5.89 Å². The van der Waals surface area contributed by atoms with Crippen LogP contribution in [0.25, 0.3) is 0 Å². The standard InChI is InChI=1S/C14H14N2O5/c1-9(17)21-11-8-19-13(16-11)12(15)14(18)20-7-10-5-3-2-4-6-10/h2-6,8,12H,7,15H2,1H3. The first-order valence-corrected chi connectivity index (χ1v) is 6.16. The predicted molar refractivity (Wildman–Crippen MR) is 71.0 cm³/mol. The number of carbonyl (C=O) groups excluding carboxylic acids is 2. The zero-order valence-electron chi connectivity index (χ0n) is 11.3. The normalized spacial score (nSPS) is 11.7. The topological polar surface area (TPSA) is 105 Å². The van der Waals surface area contributed by atoms with Gasteiger partial charge in [0.25, 0.3) is 5.88 Å². The minimum absolute atomic E-state index is 0.0520. The van der Waals surface area contributed by atoms with Crippen molar-refractivity contribution < 1.29 is 23.5 Å². The molecule has 0 aliphatic rings. The maximum atomic E-state index is 11.8. The van der Waals surface area contributed by atoms with Gasteiger partial charge >= 0.3 is 11.9 Å². The third kappa shape index (κ3) is 4.15. The summed E-state index contributed by atoms with van der Waals surface area (Å²) < 4.78 is 14.8. The molecule has 7 nitrogen and oxygen atoms in total. The van der Waals surface area contributed by atoms with Crippen molar-refractivity contribution in [3.05, 3.63) is 48.0 Å². The molecule has 2 N–H and O–H groups in total. The van der Waals surface area contributed by atoms with Crippen molar-refractivity contribution in [2.75, 3.05) is 0 Å². The highest BCUT2D eigenvalue weighted by Crippen LogP contribution is 2.17. The molecule has 0 radical (unpaired) electrons. The molecule has 2 rings (SSSR count). The number of nitrogens with two attached hydrogens (primary N) is 1. The number of esters is 2. The van der Waals surface area contributed by atoms with Crippen LogP contribution in [0, 0.1) is 0 Å². The molecular weight excluding hydrogens is 276 g/mol. The van der Waals surface area contributed by atoms with Gasteiger partial charge in [0, 0.05) is 6.92 Å². The van der Waals surface area contributed by atoms with Crippen LogP contribution in [0.1, 0.15) is 24.4 Å². The Morgan fingerprint density at radius 2 is 2.05 bits per heavy atom. The molecule has 7 heteroatoms.